The van der Waals surface area contributed by atoms with Crippen LogP contribution in [-0.4, -0.2) is 53.8 Å². The molecular weight excluding hydrogens is 340 g/mol. The number of hydrogen-bond acceptors (Lipinski definition) is 4. The fourth-order valence-corrected chi connectivity index (χ4v) is 3.87. The van der Waals surface area contributed by atoms with E-state index in [0.29, 0.717) is 31.5 Å². The third-order valence-electron chi connectivity index (χ3n) is 4.46. The fourth-order valence-electron chi connectivity index (χ4n) is 2.99. The molecule has 2 heterocycles. The van der Waals surface area contributed by atoms with Crippen molar-refractivity contribution >= 4 is 15.9 Å². The minimum atomic E-state index is -3.15. The Bertz CT molecular complexity index is 850. The lowest BCUT2D eigenvalue weighted by Gasteiger charge is -2.30. The number of amides is 1. The molecule has 1 amide bonds. The van der Waals surface area contributed by atoms with Crippen molar-refractivity contribution < 1.29 is 13.2 Å². The molecule has 1 aliphatic rings. The van der Waals surface area contributed by atoms with E-state index < -0.39 is 10.0 Å². The van der Waals surface area contributed by atoms with E-state index >= 15 is 0 Å². The Labute approximate surface area is 147 Å². The third-order valence-corrected chi connectivity index (χ3v) is 5.77. The van der Waals surface area contributed by atoms with Crippen molar-refractivity contribution in [3.05, 3.63) is 47.8 Å². The zero-order chi connectivity index (χ0) is 18.0. The summed E-state index contributed by atoms with van der Waals surface area (Å²) in [5, 5.41) is 7.23. The second-order valence-electron chi connectivity index (χ2n) is 6.34. The van der Waals surface area contributed by atoms with Crippen LogP contribution in [-0.2, 0) is 10.0 Å². The highest BCUT2D eigenvalue weighted by Crippen LogP contribution is 2.15. The SMILES string of the molecule is Cc1ccnn1-c1ccc(C(=O)NC2CCN(S(C)(=O)=O)CC2)cc1. The molecule has 8 heteroatoms. The van der Waals surface area contributed by atoms with Gasteiger partial charge in [-0.2, -0.15) is 5.10 Å². The third kappa shape index (κ3) is 4.08. The smallest absolute Gasteiger partial charge is 0.251 e. The molecule has 1 N–H and O–H groups in total. The van der Waals surface area contributed by atoms with Crippen molar-refractivity contribution in [2.45, 2.75) is 25.8 Å². The predicted octanol–water partition coefficient (Wildman–Crippen LogP) is 1.33. The Morgan fingerprint density at radius 2 is 1.80 bits per heavy atom. The first-order valence-corrected chi connectivity index (χ1v) is 10.1. The minimum absolute atomic E-state index is 0.00136. The Morgan fingerprint density at radius 1 is 1.16 bits per heavy atom. The molecule has 25 heavy (non-hydrogen) atoms. The quantitative estimate of drug-likeness (QED) is 0.889. The van der Waals surface area contributed by atoms with Gasteiger partial charge in [0.1, 0.15) is 0 Å². The van der Waals surface area contributed by atoms with Crippen LogP contribution in [0.5, 0.6) is 0 Å². The number of aromatic nitrogens is 2. The topological polar surface area (TPSA) is 84.3 Å². The first kappa shape index (κ1) is 17.6. The lowest BCUT2D eigenvalue weighted by Crippen LogP contribution is -2.46. The van der Waals surface area contributed by atoms with E-state index in [1.807, 2.05) is 29.8 Å². The molecule has 1 saturated heterocycles. The normalized spacial score (nSPS) is 16.7. The molecule has 0 unspecified atom stereocenters. The summed E-state index contributed by atoms with van der Waals surface area (Å²) in [6.07, 6.45) is 4.21. The fraction of sp³-hybridized carbons (Fsp3) is 0.412. The summed E-state index contributed by atoms with van der Waals surface area (Å²) in [6.45, 7) is 2.86. The van der Waals surface area contributed by atoms with Gasteiger partial charge in [-0.05, 0) is 50.1 Å². The minimum Gasteiger partial charge on any atom is -0.349 e. The van der Waals surface area contributed by atoms with E-state index in [-0.39, 0.29) is 11.9 Å². The van der Waals surface area contributed by atoms with E-state index in [1.165, 1.54) is 10.6 Å². The van der Waals surface area contributed by atoms with Crippen LogP contribution in [0.3, 0.4) is 0 Å². The average molecular weight is 362 g/mol. The van der Waals surface area contributed by atoms with Gasteiger partial charge in [-0.3, -0.25) is 4.79 Å². The molecule has 1 aromatic heterocycles. The second kappa shape index (κ2) is 6.97. The Hall–Kier alpha value is -2.19. The van der Waals surface area contributed by atoms with Crippen LogP contribution >= 0.6 is 0 Å². The molecule has 0 bridgehead atoms. The van der Waals surface area contributed by atoms with Crippen LogP contribution < -0.4 is 5.32 Å². The Kier molecular flexibility index (Phi) is 4.91. The molecule has 1 aromatic carbocycles. The van der Waals surface area contributed by atoms with Gasteiger partial charge in [0, 0.05) is 36.6 Å². The Balaban J connectivity index is 1.60. The first-order valence-electron chi connectivity index (χ1n) is 8.21. The van der Waals surface area contributed by atoms with Gasteiger partial charge >= 0.3 is 0 Å². The summed E-state index contributed by atoms with van der Waals surface area (Å²) in [4.78, 5) is 12.4. The van der Waals surface area contributed by atoms with E-state index in [9.17, 15) is 13.2 Å². The van der Waals surface area contributed by atoms with Gasteiger partial charge in [0.2, 0.25) is 10.0 Å². The molecule has 0 spiro atoms. The molecule has 0 saturated carbocycles. The lowest BCUT2D eigenvalue weighted by molar-refractivity contribution is 0.0924. The van der Waals surface area contributed by atoms with Crippen molar-refractivity contribution in [3.8, 4) is 5.69 Å². The molecule has 7 nitrogen and oxygen atoms in total. The van der Waals surface area contributed by atoms with Gasteiger partial charge in [-0.15, -0.1) is 0 Å². The number of carbonyl (C=O) groups is 1. The standard InChI is InChI=1S/C17H22N4O3S/c1-13-7-10-18-21(13)16-5-3-14(4-6-16)17(22)19-15-8-11-20(12-9-15)25(2,23)24/h3-7,10,15H,8-9,11-12H2,1-2H3,(H,19,22). The predicted molar refractivity (Wildman–Crippen MR) is 95.2 cm³/mol. The highest BCUT2D eigenvalue weighted by atomic mass is 32.2. The number of sulfonamides is 1. The average Bonchev–Trinajstić information content (AvgIpc) is 3.01. The van der Waals surface area contributed by atoms with Gasteiger partial charge < -0.3 is 5.32 Å². The molecule has 0 radical (unpaired) electrons. The second-order valence-corrected chi connectivity index (χ2v) is 8.32. The molecule has 0 atom stereocenters. The van der Waals surface area contributed by atoms with E-state index in [1.54, 1.807) is 18.3 Å². The molecule has 1 aliphatic heterocycles. The van der Waals surface area contributed by atoms with E-state index in [4.69, 9.17) is 0 Å². The summed E-state index contributed by atoms with van der Waals surface area (Å²) in [7, 11) is -3.15. The maximum atomic E-state index is 12.4. The largest absolute Gasteiger partial charge is 0.349 e. The van der Waals surface area contributed by atoms with Gasteiger partial charge in [-0.25, -0.2) is 17.4 Å². The highest BCUT2D eigenvalue weighted by Gasteiger charge is 2.25. The molecule has 134 valence electrons. The zero-order valence-electron chi connectivity index (χ0n) is 14.3. The van der Waals surface area contributed by atoms with Crippen molar-refractivity contribution in [2.24, 2.45) is 0 Å². The zero-order valence-corrected chi connectivity index (χ0v) is 15.2. The van der Waals surface area contributed by atoms with Gasteiger partial charge in [0.15, 0.2) is 0 Å². The van der Waals surface area contributed by atoms with Gasteiger partial charge in [0.25, 0.3) is 5.91 Å². The number of hydrogen-bond donors (Lipinski definition) is 1. The number of nitrogens with one attached hydrogen (secondary N) is 1. The highest BCUT2D eigenvalue weighted by molar-refractivity contribution is 7.88. The summed E-state index contributed by atoms with van der Waals surface area (Å²) >= 11 is 0. The maximum Gasteiger partial charge on any atom is 0.251 e. The summed E-state index contributed by atoms with van der Waals surface area (Å²) in [5.41, 5.74) is 2.51. The van der Waals surface area contributed by atoms with Crippen LogP contribution in [0.1, 0.15) is 28.9 Å². The van der Waals surface area contributed by atoms with Crippen LogP contribution in [0.15, 0.2) is 36.5 Å². The van der Waals surface area contributed by atoms with Crippen LogP contribution in [0.25, 0.3) is 5.69 Å². The number of carbonyl (C=O) groups excluding carboxylic acids is 1. The first-order chi connectivity index (χ1) is 11.8. The lowest BCUT2D eigenvalue weighted by atomic mass is 10.1. The van der Waals surface area contributed by atoms with Crippen LogP contribution in [0.4, 0.5) is 0 Å². The van der Waals surface area contributed by atoms with E-state index in [0.717, 1.165) is 11.4 Å². The molecular formula is C17H22N4O3S. The summed E-state index contributed by atoms with van der Waals surface area (Å²) in [5.74, 6) is -0.137. The van der Waals surface area contributed by atoms with Crippen LogP contribution in [0.2, 0.25) is 0 Å². The number of benzene rings is 1. The van der Waals surface area contributed by atoms with E-state index in [2.05, 4.69) is 10.4 Å². The monoisotopic (exact) mass is 362 g/mol. The number of nitrogens with zero attached hydrogens (tertiary/aromatic N) is 3. The van der Waals surface area contributed by atoms with Crippen molar-refractivity contribution in [2.75, 3.05) is 19.3 Å². The van der Waals surface area contributed by atoms with Gasteiger partial charge in [0.05, 0.1) is 11.9 Å². The number of rotatable bonds is 4. The maximum absolute atomic E-state index is 12.4. The molecule has 1 fully saturated rings. The van der Waals surface area contributed by atoms with Crippen molar-refractivity contribution in [3.63, 3.8) is 0 Å². The summed E-state index contributed by atoms with van der Waals surface area (Å²) < 4.78 is 26.3. The molecule has 2 aromatic rings. The number of aryl methyl sites for hydroxylation is 1. The van der Waals surface area contributed by atoms with Gasteiger partial charge in [-0.1, -0.05) is 0 Å². The Morgan fingerprint density at radius 3 is 2.32 bits per heavy atom. The molecule has 0 aliphatic carbocycles. The molecule has 3 rings (SSSR count). The number of piperidine rings is 1. The van der Waals surface area contributed by atoms with Crippen LogP contribution in [0, 0.1) is 6.92 Å². The van der Waals surface area contributed by atoms with Crippen molar-refractivity contribution in [1.82, 2.24) is 19.4 Å². The summed E-state index contributed by atoms with van der Waals surface area (Å²) in [6, 6.07) is 9.19. The van der Waals surface area contributed by atoms with Crippen molar-refractivity contribution in [1.29, 1.82) is 0 Å².